The third-order valence-corrected chi connectivity index (χ3v) is 3.14. The molecule has 1 aromatic carbocycles. The highest BCUT2D eigenvalue weighted by molar-refractivity contribution is 6.31. The van der Waals surface area contributed by atoms with Crippen molar-refractivity contribution in [2.75, 3.05) is 25.4 Å². The lowest BCUT2D eigenvalue weighted by Gasteiger charge is -2.20. The van der Waals surface area contributed by atoms with Crippen LogP contribution in [-0.2, 0) is 9.53 Å². The van der Waals surface area contributed by atoms with Gasteiger partial charge in [0.05, 0.1) is 30.5 Å². The van der Waals surface area contributed by atoms with Crippen LogP contribution in [-0.4, -0.2) is 36.5 Å². The molecule has 0 bridgehead atoms. The molecule has 1 rings (SSSR count). The number of hydrogen-bond acceptors (Lipinski definition) is 6. The van der Waals surface area contributed by atoms with E-state index in [0.29, 0.717) is 5.02 Å². The first-order valence-corrected chi connectivity index (χ1v) is 7.11. The van der Waals surface area contributed by atoms with Crippen LogP contribution in [0, 0.1) is 22.7 Å². The number of amides is 1. The molecule has 0 aliphatic heterocycles. The van der Waals surface area contributed by atoms with E-state index < -0.39 is 18.5 Å². The number of carbonyl (C=O) groups is 2. The molecule has 0 unspecified atom stereocenters. The Hall–Kier alpha value is -2.77. The fourth-order valence-electron chi connectivity index (χ4n) is 1.75. The maximum Gasteiger partial charge on any atom is 0.340 e. The number of esters is 1. The van der Waals surface area contributed by atoms with Crippen molar-refractivity contribution < 1.29 is 14.3 Å². The van der Waals surface area contributed by atoms with Crippen LogP contribution in [0.15, 0.2) is 18.2 Å². The number of rotatable bonds is 7. The molecule has 23 heavy (non-hydrogen) atoms. The molecule has 0 spiro atoms. The average Bonchev–Trinajstić information content (AvgIpc) is 2.52. The Morgan fingerprint density at radius 2 is 1.83 bits per heavy atom. The third kappa shape index (κ3) is 5.85. The summed E-state index contributed by atoms with van der Waals surface area (Å²) in [6, 6.07) is 8.15. The number of nitrogen functional groups attached to an aromatic ring is 1. The number of carbonyl (C=O) groups excluding carboxylic acids is 2. The van der Waals surface area contributed by atoms with Gasteiger partial charge in [-0.3, -0.25) is 4.79 Å². The van der Waals surface area contributed by atoms with E-state index in [-0.39, 0.29) is 37.2 Å². The second-order valence-corrected chi connectivity index (χ2v) is 4.94. The smallest absolute Gasteiger partial charge is 0.340 e. The molecule has 0 aliphatic rings. The number of halogens is 1. The molecule has 7 nitrogen and oxygen atoms in total. The minimum Gasteiger partial charge on any atom is -0.452 e. The number of anilines is 1. The largest absolute Gasteiger partial charge is 0.452 e. The first kappa shape index (κ1) is 18.3. The first-order chi connectivity index (χ1) is 11.0. The normalized spacial score (nSPS) is 9.52. The van der Waals surface area contributed by atoms with Gasteiger partial charge >= 0.3 is 5.97 Å². The van der Waals surface area contributed by atoms with Crippen LogP contribution < -0.4 is 5.73 Å². The van der Waals surface area contributed by atoms with Crippen LogP contribution >= 0.6 is 11.6 Å². The Balaban J connectivity index is 2.63. The summed E-state index contributed by atoms with van der Waals surface area (Å²) in [5.74, 6) is -1.22. The Kier molecular flexibility index (Phi) is 7.38. The fourth-order valence-corrected chi connectivity index (χ4v) is 1.93. The summed E-state index contributed by atoms with van der Waals surface area (Å²) >= 11 is 5.74. The predicted octanol–water partition coefficient (Wildman–Crippen LogP) is 1.73. The zero-order valence-electron chi connectivity index (χ0n) is 12.3. The van der Waals surface area contributed by atoms with Crippen molar-refractivity contribution in [1.29, 1.82) is 10.5 Å². The molecule has 120 valence electrons. The highest BCUT2D eigenvalue weighted by atomic mass is 35.5. The lowest BCUT2D eigenvalue weighted by atomic mass is 10.2. The Morgan fingerprint density at radius 1 is 1.22 bits per heavy atom. The first-order valence-electron chi connectivity index (χ1n) is 6.73. The van der Waals surface area contributed by atoms with Crippen molar-refractivity contribution in [2.45, 2.75) is 12.8 Å². The average molecular weight is 335 g/mol. The van der Waals surface area contributed by atoms with Gasteiger partial charge in [-0.15, -0.1) is 0 Å². The molecule has 0 atom stereocenters. The molecule has 0 fully saturated rings. The number of hydrogen-bond donors (Lipinski definition) is 1. The SMILES string of the molecule is N#CCCN(CCC#N)C(=O)COC(=O)c1ccc(Cl)cc1N. The van der Waals surface area contributed by atoms with Gasteiger partial charge in [-0.25, -0.2) is 4.79 Å². The molecule has 0 aliphatic carbocycles. The predicted molar refractivity (Wildman–Crippen MR) is 83.2 cm³/mol. The second-order valence-electron chi connectivity index (χ2n) is 4.50. The second kappa shape index (κ2) is 9.29. The van der Waals surface area contributed by atoms with Gasteiger partial charge in [0, 0.05) is 23.8 Å². The Bertz CT molecular complexity index is 646. The van der Waals surface area contributed by atoms with Crippen molar-refractivity contribution in [3.05, 3.63) is 28.8 Å². The summed E-state index contributed by atoms with van der Waals surface area (Å²) < 4.78 is 4.93. The summed E-state index contributed by atoms with van der Waals surface area (Å²) in [5, 5.41) is 17.5. The number of nitrogens with zero attached hydrogens (tertiary/aromatic N) is 3. The van der Waals surface area contributed by atoms with E-state index in [4.69, 9.17) is 32.6 Å². The van der Waals surface area contributed by atoms with E-state index >= 15 is 0 Å². The molecule has 2 N–H and O–H groups in total. The van der Waals surface area contributed by atoms with E-state index in [2.05, 4.69) is 0 Å². The molecule has 1 amide bonds. The van der Waals surface area contributed by atoms with Gasteiger partial charge in [-0.1, -0.05) is 11.6 Å². The Morgan fingerprint density at radius 3 is 2.35 bits per heavy atom. The Labute approximate surface area is 138 Å². The van der Waals surface area contributed by atoms with E-state index in [1.54, 1.807) is 0 Å². The molecule has 0 aromatic heterocycles. The van der Waals surface area contributed by atoms with Crippen LogP contribution in [0.2, 0.25) is 5.02 Å². The molecule has 8 heteroatoms. The molecule has 0 heterocycles. The monoisotopic (exact) mass is 334 g/mol. The van der Waals surface area contributed by atoms with E-state index in [9.17, 15) is 9.59 Å². The highest BCUT2D eigenvalue weighted by Gasteiger charge is 2.17. The summed E-state index contributed by atoms with van der Waals surface area (Å²) in [7, 11) is 0. The standard InChI is InChI=1S/C15H15ClN4O3/c16-11-3-4-12(13(19)9-11)15(22)23-10-14(21)20(7-1-5-17)8-2-6-18/h3-4,9H,1-2,7-8,10,19H2. The van der Waals surface area contributed by atoms with Gasteiger partial charge < -0.3 is 15.4 Å². The maximum atomic E-state index is 12.0. The van der Waals surface area contributed by atoms with Gasteiger partial charge in [-0.2, -0.15) is 10.5 Å². The summed E-state index contributed by atoms with van der Waals surface area (Å²) in [6.07, 6.45) is 0.268. The maximum absolute atomic E-state index is 12.0. The zero-order chi connectivity index (χ0) is 17.2. The number of benzene rings is 1. The van der Waals surface area contributed by atoms with Crippen molar-refractivity contribution in [1.82, 2.24) is 4.90 Å². The van der Waals surface area contributed by atoms with Crippen LogP contribution in [0.5, 0.6) is 0 Å². The lowest BCUT2D eigenvalue weighted by molar-refractivity contribution is -0.134. The van der Waals surface area contributed by atoms with Crippen molar-refractivity contribution in [3.8, 4) is 12.1 Å². The van der Waals surface area contributed by atoms with Crippen molar-refractivity contribution in [2.24, 2.45) is 0 Å². The van der Waals surface area contributed by atoms with E-state index in [1.807, 2.05) is 12.1 Å². The number of nitriles is 2. The fraction of sp³-hybridized carbons (Fsp3) is 0.333. The minimum absolute atomic E-state index is 0.114. The van der Waals surface area contributed by atoms with E-state index in [1.165, 1.54) is 23.1 Å². The van der Waals surface area contributed by atoms with Gasteiger partial charge in [0.25, 0.3) is 5.91 Å². The quantitative estimate of drug-likeness (QED) is 0.599. The van der Waals surface area contributed by atoms with Crippen LogP contribution in [0.3, 0.4) is 0 Å². The van der Waals surface area contributed by atoms with Gasteiger partial charge in [-0.05, 0) is 18.2 Å². The topological polar surface area (TPSA) is 120 Å². The molecule has 0 saturated carbocycles. The number of nitrogens with two attached hydrogens (primary N) is 1. The van der Waals surface area contributed by atoms with Gasteiger partial charge in [0.15, 0.2) is 6.61 Å². The summed E-state index contributed by atoms with van der Waals surface area (Å²) in [5.41, 5.74) is 5.93. The molecule has 1 aromatic rings. The summed E-state index contributed by atoms with van der Waals surface area (Å²) in [4.78, 5) is 25.2. The highest BCUT2D eigenvalue weighted by Crippen LogP contribution is 2.18. The lowest BCUT2D eigenvalue weighted by Crippen LogP contribution is -2.36. The van der Waals surface area contributed by atoms with Crippen LogP contribution in [0.1, 0.15) is 23.2 Å². The summed E-state index contributed by atoms with van der Waals surface area (Å²) in [6.45, 7) is -0.132. The van der Waals surface area contributed by atoms with Gasteiger partial charge in [0.2, 0.25) is 0 Å². The molecule has 0 saturated heterocycles. The van der Waals surface area contributed by atoms with Crippen molar-refractivity contribution >= 4 is 29.2 Å². The minimum atomic E-state index is -0.743. The van der Waals surface area contributed by atoms with Crippen LogP contribution in [0.25, 0.3) is 0 Å². The molecule has 0 radical (unpaired) electrons. The van der Waals surface area contributed by atoms with E-state index in [0.717, 1.165) is 0 Å². The molecular formula is C15H15ClN4O3. The molecular weight excluding hydrogens is 320 g/mol. The number of ether oxygens (including phenoxy) is 1. The zero-order valence-corrected chi connectivity index (χ0v) is 13.0. The van der Waals surface area contributed by atoms with Crippen LogP contribution in [0.4, 0.5) is 5.69 Å². The van der Waals surface area contributed by atoms with Crippen molar-refractivity contribution in [3.63, 3.8) is 0 Å². The third-order valence-electron chi connectivity index (χ3n) is 2.90. The van der Waals surface area contributed by atoms with Gasteiger partial charge in [0.1, 0.15) is 0 Å².